The number of nitrogens with zero attached hydrogens (tertiary/aromatic N) is 1. The molecule has 0 aliphatic carbocycles. The highest BCUT2D eigenvalue weighted by Gasteiger charge is 2.46. The van der Waals surface area contributed by atoms with Gasteiger partial charge in [0.15, 0.2) is 0 Å². The molecule has 0 saturated carbocycles. The van der Waals surface area contributed by atoms with Crippen LogP contribution in [0.3, 0.4) is 0 Å². The lowest BCUT2D eigenvalue weighted by molar-refractivity contribution is -0.140. The largest absolute Gasteiger partial charge is 0.507 e. The number of carbonyl (C=O) groups excluding carboxylic acids is 2. The molecule has 2 heterocycles. The van der Waals surface area contributed by atoms with Crippen LogP contribution in [0.5, 0.6) is 5.75 Å². The standard InChI is InChI=1S/C19H18BrNO5S/c1-25-8-7-21-16(14-4-3-9-27-14)15(18(23)19(21)24)17(22)11-5-6-13(26-2)12(20)10-11/h3-6,9-10,16,22H,7-8H2,1-2H3/b17-15-. The van der Waals surface area contributed by atoms with Gasteiger partial charge in [0.05, 0.1) is 29.8 Å². The van der Waals surface area contributed by atoms with Crippen molar-refractivity contribution in [2.45, 2.75) is 6.04 Å². The number of ketones is 1. The quantitative estimate of drug-likeness (QED) is 0.412. The lowest BCUT2D eigenvalue weighted by Gasteiger charge is -2.23. The van der Waals surface area contributed by atoms with Crippen molar-refractivity contribution in [2.24, 2.45) is 0 Å². The molecule has 27 heavy (non-hydrogen) atoms. The number of hydrogen-bond donors (Lipinski definition) is 1. The smallest absolute Gasteiger partial charge is 0.295 e. The summed E-state index contributed by atoms with van der Waals surface area (Å²) >= 11 is 4.80. The van der Waals surface area contributed by atoms with E-state index >= 15 is 0 Å². The number of likely N-dealkylation sites (tertiary alicyclic amines) is 1. The second kappa shape index (κ2) is 8.24. The van der Waals surface area contributed by atoms with Crippen LogP contribution in [0, 0.1) is 0 Å². The zero-order chi connectivity index (χ0) is 19.6. The van der Waals surface area contributed by atoms with Crippen LogP contribution in [0.1, 0.15) is 16.5 Å². The van der Waals surface area contributed by atoms with Crippen molar-refractivity contribution in [1.29, 1.82) is 0 Å². The van der Waals surface area contributed by atoms with Gasteiger partial charge in [0.1, 0.15) is 11.5 Å². The number of Topliss-reactive ketones (excluding diaryl/α,β-unsaturated/α-hetero) is 1. The van der Waals surface area contributed by atoms with E-state index in [9.17, 15) is 14.7 Å². The molecule has 2 aromatic rings. The van der Waals surface area contributed by atoms with E-state index < -0.39 is 17.7 Å². The molecule has 0 spiro atoms. The molecular weight excluding hydrogens is 434 g/mol. The third-order valence-electron chi connectivity index (χ3n) is 4.31. The Labute approximate surface area is 169 Å². The molecule has 1 unspecified atom stereocenters. The van der Waals surface area contributed by atoms with Gasteiger partial charge in [-0.05, 0) is 45.6 Å². The Kier molecular flexibility index (Phi) is 5.98. The number of aliphatic hydroxyl groups is 1. The number of thiophene rings is 1. The number of hydrogen-bond acceptors (Lipinski definition) is 6. The van der Waals surface area contributed by atoms with E-state index in [4.69, 9.17) is 9.47 Å². The molecule has 0 radical (unpaired) electrons. The molecule has 1 atom stereocenters. The number of amides is 1. The summed E-state index contributed by atoms with van der Waals surface area (Å²) in [6, 6.07) is 8.04. The zero-order valence-corrected chi connectivity index (χ0v) is 17.2. The van der Waals surface area contributed by atoms with Gasteiger partial charge in [-0.2, -0.15) is 0 Å². The number of benzene rings is 1. The van der Waals surface area contributed by atoms with E-state index in [-0.39, 0.29) is 17.9 Å². The molecule has 1 saturated heterocycles. The van der Waals surface area contributed by atoms with Crippen molar-refractivity contribution in [1.82, 2.24) is 4.90 Å². The lowest BCUT2D eigenvalue weighted by Crippen LogP contribution is -2.32. The molecule has 1 aliphatic rings. The fourth-order valence-corrected chi connectivity index (χ4v) is 4.40. The van der Waals surface area contributed by atoms with Gasteiger partial charge in [-0.3, -0.25) is 9.59 Å². The molecule has 142 valence electrons. The number of methoxy groups -OCH3 is 2. The van der Waals surface area contributed by atoms with E-state index in [0.717, 1.165) is 4.88 Å². The van der Waals surface area contributed by atoms with Gasteiger partial charge < -0.3 is 19.5 Å². The summed E-state index contributed by atoms with van der Waals surface area (Å²) in [5.74, 6) is -0.953. The van der Waals surface area contributed by atoms with Gasteiger partial charge >= 0.3 is 0 Å². The molecule has 3 rings (SSSR count). The molecule has 0 bridgehead atoms. The summed E-state index contributed by atoms with van der Waals surface area (Å²) in [5, 5.41) is 12.8. The Bertz CT molecular complexity index is 894. The van der Waals surface area contributed by atoms with Crippen molar-refractivity contribution >= 4 is 44.7 Å². The van der Waals surface area contributed by atoms with Gasteiger partial charge in [0, 0.05) is 24.1 Å². The van der Waals surface area contributed by atoms with Crippen LogP contribution in [0.25, 0.3) is 5.76 Å². The molecule has 1 N–H and O–H groups in total. The molecular formula is C19H18BrNO5S. The van der Waals surface area contributed by atoms with Crippen molar-refractivity contribution in [3.8, 4) is 5.75 Å². The summed E-state index contributed by atoms with van der Waals surface area (Å²) < 4.78 is 10.9. The van der Waals surface area contributed by atoms with Crippen LogP contribution in [0.15, 0.2) is 45.8 Å². The fraction of sp³-hybridized carbons (Fsp3) is 0.263. The summed E-state index contributed by atoms with van der Waals surface area (Å²) in [4.78, 5) is 27.6. The van der Waals surface area contributed by atoms with Gasteiger partial charge in [0.2, 0.25) is 0 Å². The first-order valence-corrected chi connectivity index (χ1v) is 9.81. The molecule has 1 amide bonds. The van der Waals surface area contributed by atoms with Crippen LogP contribution in [-0.4, -0.2) is 49.1 Å². The molecule has 6 nitrogen and oxygen atoms in total. The van der Waals surface area contributed by atoms with Gasteiger partial charge in [-0.1, -0.05) is 6.07 Å². The van der Waals surface area contributed by atoms with E-state index in [2.05, 4.69) is 15.9 Å². The molecule has 1 aromatic carbocycles. The predicted molar refractivity (Wildman–Crippen MR) is 106 cm³/mol. The summed E-state index contributed by atoms with van der Waals surface area (Å²) in [7, 11) is 3.07. The Hall–Kier alpha value is -2.16. The maximum Gasteiger partial charge on any atom is 0.295 e. The maximum absolute atomic E-state index is 12.7. The first-order chi connectivity index (χ1) is 13.0. The number of aliphatic hydroxyl groups excluding tert-OH is 1. The number of carbonyl (C=O) groups is 2. The topological polar surface area (TPSA) is 76.1 Å². The number of rotatable bonds is 6. The minimum atomic E-state index is -0.700. The average molecular weight is 452 g/mol. The van der Waals surface area contributed by atoms with Gasteiger partial charge in [-0.15, -0.1) is 11.3 Å². The fourth-order valence-electron chi connectivity index (χ4n) is 3.01. The summed E-state index contributed by atoms with van der Waals surface area (Å²) in [6.07, 6.45) is 0. The highest BCUT2D eigenvalue weighted by Crippen LogP contribution is 2.41. The molecule has 1 fully saturated rings. The first-order valence-electron chi connectivity index (χ1n) is 8.14. The minimum absolute atomic E-state index is 0.0793. The van der Waals surface area contributed by atoms with Crippen LogP contribution >= 0.6 is 27.3 Å². The monoisotopic (exact) mass is 451 g/mol. The van der Waals surface area contributed by atoms with Crippen LogP contribution in [0.2, 0.25) is 0 Å². The third-order valence-corrected chi connectivity index (χ3v) is 5.86. The van der Waals surface area contributed by atoms with Crippen molar-refractivity contribution < 1.29 is 24.2 Å². The molecule has 8 heteroatoms. The number of halogens is 1. The molecule has 1 aliphatic heterocycles. The SMILES string of the molecule is COCCN1C(=O)C(=O)/C(=C(\O)c2ccc(OC)c(Br)c2)C1c1cccs1. The number of ether oxygens (including phenoxy) is 2. The van der Waals surface area contributed by atoms with Crippen LogP contribution in [-0.2, 0) is 14.3 Å². The van der Waals surface area contributed by atoms with Crippen molar-refractivity contribution in [2.75, 3.05) is 27.4 Å². The highest BCUT2D eigenvalue weighted by molar-refractivity contribution is 9.10. The lowest BCUT2D eigenvalue weighted by atomic mass is 10.00. The highest BCUT2D eigenvalue weighted by atomic mass is 79.9. The average Bonchev–Trinajstić information content (AvgIpc) is 3.27. The Morgan fingerprint density at radius 1 is 1.30 bits per heavy atom. The van der Waals surface area contributed by atoms with Crippen LogP contribution in [0.4, 0.5) is 0 Å². The van der Waals surface area contributed by atoms with Gasteiger partial charge in [0.25, 0.3) is 11.7 Å². The van der Waals surface area contributed by atoms with Gasteiger partial charge in [-0.25, -0.2) is 0 Å². The van der Waals surface area contributed by atoms with E-state index in [1.807, 2.05) is 17.5 Å². The van der Waals surface area contributed by atoms with E-state index in [1.54, 1.807) is 18.2 Å². The van der Waals surface area contributed by atoms with Crippen molar-refractivity contribution in [3.05, 3.63) is 56.2 Å². The van der Waals surface area contributed by atoms with E-state index in [0.29, 0.717) is 22.4 Å². The van der Waals surface area contributed by atoms with Crippen molar-refractivity contribution in [3.63, 3.8) is 0 Å². The second-order valence-corrected chi connectivity index (χ2v) is 7.68. The van der Waals surface area contributed by atoms with Crippen LogP contribution < -0.4 is 4.74 Å². The second-order valence-electron chi connectivity index (χ2n) is 5.85. The molecule has 1 aromatic heterocycles. The third kappa shape index (κ3) is 3.65. The summed E-state index contributed by atoms with van der Waals surface area (Å²) in [5.41, 5.74) is 0.504. The zero-order valence-electron chi connectivity index (χ0n) is 14.8. The normalized spacial score (nSPS) is 18.9. The maximum atomic E-state index is 12.7. The Morgan fingerprint density at radius 2 is 2.07 bits per heavy atom. The summed E-state index contributed by atoms with van der Waals surface area (Å²) in [6.45, 7) is 0.551. The minimum Gasteiger partial charge on any atom is -0.507 e. The predicted octanol–water partition coefficient (Wildman–Crippen LogP) is 3.59. The Balaban J connectivity index is 2.12. The first kappa shape index (κ1) is 19.6. The Morgan fingerprint density at radius 3 is 2.67 bits per heavy atom. The van der Waals surface area contributed by atoms with E-state index in [1.165, 1.54) is 30.5 Å².